The van der Waals surface area contributed by atoms with Crippen molar-refractivity contribution >= 4 is 17.5 Å². The molecular weight excluding hydrogens is 532 g/mol. The van der Waals surface area contributed by atoms with Gasteiger partial charge in [-0.25, -0.2) is 4.79 Å². The number of Topliss-reactive ketones (excluding diaryl/α,β-unsaturated/α-hetero) is 1. The van der Waals surface area contributed by atoms with Crippen molar-refractivity contribution in [2.24, 2.45) is 28.6 Å². The summed E-state index contributed by atoms with van der Waals surface area (Å²) in [6.45, 7) is 6.14. The fourth-order valence-corrected chi connectivity index (χ4v) is 9.04. The highest BCUT2D eigenvalue weighted by Gasteiger charge is 2.68. The number of carbonyl (C=O) groups is 3. The molecule has 8 heteroatoms. The lowest BCUT2D eigenvalue weighted by atomic mass is 9.45. The van der Waals surface area contributed by atoms with E-state index in [0.717, 1.165) is 43.5 Å². The maximum Gasteiger partial charge on any atom is 0.338 e. The molecule has 0 heterocycles. The molecule has 7 atom stereocenters. The van der Waals surface area contributed by atoms with Gasteiger partial charge in [-0.1, -0.05) is 31.6 Å². The number of hydrogen-bond acceptors (Lipinski definition) is 8. The van der Waals surface area contributed by atoms with Gasteiger partial charge in [0.1, 0.15) is 5.60 Å². The number of ketones is 2. The SMILES string of the molecule is CN(C)CCN(C)Cc1cccc(C(=O)OCC(=O)[C@@]2(O)CC[C@H]3[C@@H]4CCC5=CC(=O)CC[C@]5(C)[C@H]4[C@@H](O)C[C@@]32C)c1. The number of rotatable bonds is 9. The topological polar surface area (TPSA) is 107 Å². The fourth-order valence-electron chi connectivity index (χ4n) is 9.04. The van der Waals surface area contributed by atoms with Crippen LogP contribution in [0.2, 0.25) is 0 Å². The van der Waals surface area contributed by atoms with Crippen molar-refractivity contribution in [2.45, 2.75) is 77.0 Å². The Morgan fingerprint density at radius 2 is 1.83 bits per heavy atom. The van der Waals surface area contributed by atoms with E-state index in [2.05, 4.69) is 16.7 Å². The number of nitrogens with zero attached hydrogens (tertiary/aromatic N) is 2. The van der Waals surface area contributed by atoms with Crippen LogP contribution in [0.5, 0.6) is 0 Å². The minimum atomic E-state index is -1.67. The third kappa shape index (κ3) is 5.40. The average Bonchev–Trinajstić information content (AvgIpc) is 3.21. The zero-order valence-electron chi connectivity index (χ0n) is 25.9. The van der Waals surface area contributed by atoms with Crippen molar-refractivity contribution in [3.63, 3.8) is 0 Å². The van der Waals surface area contributed by atoms with Crippen LogP contribution in [0.15, 0.2) is 35.9 Å². The summed E-state index contributed by atoms with van der Waals surface area (Å²) in [7, 11) is 6.10. The number of ether oxygens (including phenoxy) is 1. The lowest BCUT2D eigenvalue weighted by molar-refractivity contribution is -0.182. The highest BCUT2D eigenvalue weighted by molar-refractivity contribution is 5.94. The molecule has 4 aliphatic rings. The summed E-state index contributed by atoms with van der Waals surface area (Å²) in [5, 5.41) is 23.5. The van der Waals surface area contributed by atoms with E-state index in [0.29, 0.717) is 37.8 Å². The molecule has 230 valence electrons. The standard InChI is InChI=1S/C34H48N2O6/c1-32-13-11-25(37)18-24(32)9-10-26-27-12-14-34(41,33(27,2)19-28(38)30(26)32)29(39)21-42-31(40)23-8-6-7-22(17-23)20-36(5)16-15-35(3)4/h6-8,17-18,26-28,30,38,41H,9-16,19-21H2,1-5H3/t26-,27-,28-,30+,32-,33-,34-/m0/s1. The van der Waals surface area contributed by atoms with Gasteiger partial charge in [-0.15, -0.1) is 0 Å². The maximum absolute atomic E-state index is 13.6. The molecule has 0 spiro atoms. The van der Waals surface area contributed by atoms with E-state index in [1.165, 1.54) is 0 Å². The first kappa shape index (κ1) is 31.0. The molecular formula is C34H48N2O6. The zero-order valence-corrected chi connectivity index (χ0v) is 25.9. The summed E-state index contributed by atoms with van der Waals surface area (Å²) in [5.41, 5.74) is -0.188. The molecule has 8 nitrogen and oxygen atoms in total. The van der Waals surface area contributed by atoms with Crippen molar-refractivity contribution in [1.82, 2.24) is 9.80 Å². The van der Waals surface area contributed by atoms with Crippen LogP contribution in [0.25, 0.3) is 0 Å². The molecule has 5 rings (SSSR count). The lowest BCUT2D eigenvalue weighted by Crippen LogP contribution is -2.62. The number of fused-ring (bicyclic) bond motifs is 5. The zero-order chi connectivity index (χ0) is 30.4. The average molecular weight is 581 g/mol. The Morgan fingerprint density at radius 1 is 1.07 bits per heavy atom. The van der Waals surface area contributed by atoms with Gasteiger partial charge < -0.3 is 24.7 Å². The lowest BCUT2D eigenvalue weighted by Gasteiger charge is -2.60. The van der Waals surface area contributed by atoms with Crippen LogP contribution in [-0.4, -0.2) is 90.1 Å². The molecule has 1 aromatic carbocycles. The third-order valence-electron chi connectivity index (χ3n) is 11.4. The molecule has 0 unspecified atom stereocenters. The molecule has 0 saturated heterocycles. The number of benzene rings is 1. The van der Waals surface area contributed by atoms with E-state index in [1.54, 1.807) is 12.1 Å². The van der Waals surface area contributed by atoms with Gasteiger partial charge in [-0.3, -0.25) is 9.59 Å². The smallest absolute Gasteiger partial charge is 0.338 e. The van der Waals surface area contributed by atoms with E-state index in [4.69, 9.17) is 4.74 Å². The first-order valence-corrected chi connectivity index (χ1v) is 15.6. The van der Waals surface area contributed by atoms with Crippen molar-refractivity contribution in [1.29, 1.82) is 0 Å². The summed E-state index contributed by atoms with van der Waals surface area (Å²) in [6, 6.07) is 7.26. The number of aliphatic hydroxyl groups is 2. The summed E-state index contributed by atoms with van der Waals surface area (Å²) >= 11 is 0. The summed E-state index contributed by atoms with van der Waals surface area (Å²) in [4.78, 5) is 43.1. The predicted octanol–water partition coefficient (Wildman–Crippen LogP) is 3.64. The highest BCUT2D eigenvalue weighted by atomic mass is 16.5. The number of aliphatic hydroxyl groups excluding tert-OH is 1. The van der Waals surface area contributed by atoms with Crippen LogP contribution in [0.1, 0.15) is 74.7 Å². The second-order valence-corrected chi connectivity index (χ2v) is 14.2. The molecule has 4 aliphatic carbocycles. The van der Waals surface area contributed by atoms with Crippen molar-refractivity contribution in [2.75, 3.05) is 40.8 Å². The van der Waals surface area contributed by atoms with Crippen LogP contribution < -0.4 is 0 Å². The monoisotopic (exact) mass is 580 g/mol. The highest BCUT2D eigenvalue weighted by Crippen LogP contribution is 2.67. The Kier molecular flexibility index (Phi) is 8.58. The van der Waals surface area contributed by atoms with Crippen LogP contribution in [0.4, 0.5) is 0 Å². The van der Waals surface area contributed by atoms with E-state index in [-0.39, 0.29) is 29.0 Å². The molecule has 3 saturated carbocycles. The summed E-state index contributed by atoms with van der Waals surface area (Å²) < 4.78 is 5.49. The molecule has 0 aromatic heterocycles. The van der Waals surface area contributed by atoms with Gasteiger partial charge in [0, 0.05) is 31.5 Å². The number of allylic oxidation sites excluding steroid dienone is 1. The molecule has 2 N–H and O–H groups in total. The Hall–Kier alpha value is -2.39. The first-order valence-electron chi connectivity index (χ1n) is 15.6. The van der Waals surface area contributed by atoms with Crippen LogP contribution >= 0.6 is 0 Å². The van der Waals surface area contributed by atoms with Gasteiger partial charge in [0.05, 0.1) is 11.7 Å². The summed E-state index contributed by atoms with van der Waals surface area (Å²) in [6.07, 6.45) is 5.33. The number of hydrogen-bond donors (Lipinski definition) is 2. The van der Waals surface area contributed by atoms with Crippen LogP contribution in [0, 0.1) is 28.6 Å². The van der Waals surface area contributed by atoms with Gasteiger partial charge >= 0.3 is 5.97 Å². The van der Waals surface area contributed by atoms with Gasteiger partial charge in [-0.05, 0) is 107 Å². The van der Waals surface area contributed by atoms with Gasteiger partial charge in [-0.2, -0.15) is 0 Å². The van der Waals surface area contributed by atoms with Crippen LogP contribution in [0.3, 0.4) is 0 Å². The van der Waals surface area contributed by atoms with Crippen LogP contribution in [-0.2, 0) is 20.9 Å². The second kappa shape index (κ2) is 11.6. The molecule has 0 amide bonds. The normalized spacial score (nSPS) is 35.8. The molecule has 42 heavy (non-hydrogen) atoms. The van der Waals surface area contributed by atoms with Gasteiger partial charge in [0.25, 0.3) is 0 Å². The third-order valence-corrected chi connectivity index (χ3v) is 11.4. The second-order valence-electron chi connectivity index (χ2n) is 14.2. The van der Waals surface area contributed by atoms with Gasteiger partial charge in [0.15, 0.2) is 12.4 Å². The summed E-state index contributed by atoms with van der Waals surface area (Å²) in [5.74, 6) is -0.653. The molecule has 1 aromatic rings. The number of esters is 1. The Morgan fingerprint density at radius 3 is 2.57 bits per heavy atom. The fraction of sp³-hybridized carbons (Fsp3) is 0.676. The van der Waals surface area contributed by atoms with E-state index in [9.17, 15) is 24.6 Å². The van der Waals surface area contributed by atoms with Crippen molar-refractivity contribution in [3.05, 3.63) is 47.0 Å². The van der Waals surface area contributed by atoms with Crippen molar-refractivity contribution in [3.8, 4) is 0 Å². The maximum atomic E-state index is 13.6. The first-order chi connectivity index (χ1) is 19.8. The largest absolute Gasteiger partial charge is 0.454 e. The Bertz CT molecular complexity index is 1260. The molecule has 0 bridgehead atoms. The minimum Gasteiger partial charge on any atom is -0.454 e. The minimum absolute atomic E-state index is 0.00755. The quantitative estimate of drug-likeness (QED) is 0.427. The Labute approximate surface area is 250 Å². The number of carbonyl (C=O) groups excluding carboxylic acids is 3. The molecule has 0 radical (unpaired) electrons. The Balaban J connectivity index is 1.25. The van der Waals surface area contributed by atoms with E-state index in [1.807, 2.05) is 46.3 Å². The van der Waals surface area contributed by atoms with Crippen molar-refractivity contribution < 1.29 is 29.3 Å². The molecule has 3 fully saturated rings. The number of likely N-dealkylation sites (N-methyl/N-ethyl adjacent to an activating group) is 2. The molecule has 0 aliphatic heterocycles. The van der Waals surface area contributed by atoms with Gasteiger partial charge in [0.2, 0.25) is 5.78 Å². The van der Waals surface area contributed by atoms with E-state index >= 15 is 0 Å². The van der Waals surface area contributed by atoms with E-state index < -0.39 is 35.5 Å². The predicted molar refractivity (Wildman–Crippen MR) is 160 cm³/mol.